The lowest BCUT2D eigenvalue weighted by Crippen LogP contribution is -2.11. The van der Waals surface area contributed by atoms with Crippen molar-refractivity contribution in [2.75, 3.05) is 0 Å². The molecule has 0 saturated carbocycles. The van der Waals surface area contributed by atoms with E-state index in [1.807, 2.05) is 17.9 Å². The minimum atomic E-state index is 0.161. The minimum absolute atomic E-state index is 0.161. The van der Waals surface area contributed by atoms with Crippen LogP contribution in [-0.2, 0) is 7.05 Å². The van der Waals surface area contributed by atoms with Gasteiger partial charge < -0.3 is 5.73 Å². The summed E-state index contributed by atoms with van der Waals surface area (Å²) < 4.78 is 1.88. The average Bonchev–Trinajstić information content (AvgIpc) is 2.44. The van der Waals surface area contributed by atoms with Crippen molar-refractivity contribution < 1.29 is 0 Å². The fraction of sp³-hybridized carbons (Fsp3) is 0.700. The maximum atomic E-state index is 6.04. The molecule has 0 aliphatic heterocycles. The third kappa shape index (κ3) is 2.31. The van der Waals surface area contributed by atoms with Crippen LogP contribution in [0.25, 0.3) is 0 Å². The van der Waals surface area contributed by atoms with E-state index in [0.29, 0.717) is 0 Å². The molecule has 0 amide bonds. The van der Waals surface area contributed by atoms with E-state index in [1.54, 1.807) is 0 Å². The van der Waals surface area contributed by atoms with Gasteiger partial charge in [-0.05, 0) is 13.3 Å². The van der Waals surface area contributed by atoms with Crippen molar-refractivity contribution in [2.24, 2.45) is 12.8 Å². The van der Waals surface area contributed by atoms with Gasteiger partial charge in [-0.2, -0.15) is 5.10 Å². The Labute approximate surface area is 79.9 Å². The zero-order valence-electron chi connectivity index (χ0n) is 8.75. The lowest BCUT2D eigenvalue weighted by molar-refractivity contribution is 0.599. The Morgan fingerprint density at radius 1 is 1.62 bits per heavy atom. The molecule has 0 spiro atoms. The smallest absolute Gasteiger partial charge is 0.0540 e. The summed E-state index contributed by atoms with van der Waals surface area (Å²) in [4.78, 5) is 0. The van der Waals surface area contributed by atoms with Crippen molar-refractivity contribution >= 4 is 0 Å². The molecule has 0 aliphatic rings. The van der Waals surface area contributed by atoms with Crippen LogP contribution in [-0.4, -0.2) is 9.78 Å². The summed E-state index contributed by atoms with van der Waals surface area (Å²) in [7, 11) is 1.95. The Kier molecular flexibility index (Phi) is 3.48. The van der Waals surface area contributed by atoms with Gasteiger partial charge in [-0.25, -0.2) is 0 Å². The molecule has 0 bridgehead atoms. The molecule has 1 aromatic heterocycles. The second-order valence-electron chi connectivity index (χ2n) is 3.56. The Morgan fingerprint density at radius 2 is 2.31 bits per heavy atom. The van der Waals surface area contributed by atoms with E-state index in [4.69, 9.17) is 5.73 Å². The van der Waals surface area contributed by atoms with Gasteiger partial charge in [0.05, 0.1) is 6.20 Å². The number of hydrogen-bond donors (Lipinski definition) is 1. The second-order valence-corrected chi connectivity index (χ2v) is 3.56. The molecular formula is C10H19N3. The SMILES string of the molecule is CCCCC(N)c1cnn(C)c1C. The number of nitrogens with zero attached hydrogens (tertiary/aromatic N) is 2. The first-order chi connectivity index (χ1) is 6.16. The molecule has 3 nitrogen and oxygen atoms in total. The van der Waals surface area contributed by atoms with Gasteiger partial charge in [-0.15, -0.1) is 0 Å². The summed E-state index contributed by atoms with van der Waals surface area (Å²) in [6, 6.07) is 0.161. The molecule has 0 radical (unpaired) electrons. The normalized spacial score (nSPS) is 13.2. The van der Waals surface area contributed by atoms with Gasteiger partial charge >= 0.3 is 0 Å². The van der Waals surface area contributed by atoms with Gasteiger partial charge in [-0.1, -0.05) is 19.8 Å². The number of nitrogens with two attached hydrogens (primary N) is 1. The van der Waals surface area contributed by atoms with Crippen molar-refractivity contribution in [3.63, 3.8) is 0 Å². The van der Waals surface area contributed by atoms with Crippen LogP contribution in [0, 0.1) is 6.92 Å². The number of hydrogen-bond acceptors (Lipinski definition) is 2. The Balaban J connectivity index is 2.65. The molecule has 1 aromatic rings. The number of aromatic nitrogens is 2. The Morgan fingerprint density at radius 3 is 2.77 bits per heavy atom. The maximum absolute atomic E-state index is 6.04. The summed E-state index contributed by atoms with van der Waals surface area (Å²) in [5.74, 6) is 0. The van der Waals surface area contributed by atoms with Gasteiger partial charge in [0, 0.05) is 24.3 Å². The zero-order valence-corrected chi connectivity index (χ0v) is 8.75. The summed E-state index contributed by atoms with van der Waals surface area (Å²) in [6.07, 6.45) is 5.33. The second kappa shape index (κ2) is 4.42. The third-order valence-electron chi connectivity index (χ3n) is 2.54. The predicted molar refractivity (Wildman–Crippen MR) is 54.4 cm³/mol. The lowest BCUT2D eigenvalue weighted by atomic mass is 10.0. The van der Waals surface area contributed by atoms with Gasteiger partial charge in [0.1, 0.15) is 0 Å². The van der Waals surface area contributed by atoms with Crippen LogP contribution in [0.1, 0.15) is 43.5 Å². The van der Waals surface area contributed by atoms with Crippen molar-refractivity contribution in [1.29, 1.82) is 0 Å². The minimum Gasteiger partial charge on any atom is -0.324 e. The first kappa shape index (κ1) is 10.3. The third-order valence-corrected chi connectivity index (χ3v) is 2.54. The molecule has 2 N–H and O–H groups in total. The zero-order chi connectivity index (χ0) is 9.84. The molecule has 1 atom stereocenters. The molecular weight excluding hydrogens is 162 g/mol. The number of rotatable bonds is 4. The van der Waals surface area contributed by atoms with E-state index < -0.39 is 0 Å². The van der Waals surface area contributed by atoms with Crippen LogP contribution in [0.5, 0.6) is 0 Å². The van der Waals surface area contributed by atoms with Crippen LogP contribution in [0.15, 0.2) is 6.20 Å². The molecule has 1 unspecified atom stereocenters. The van der Waals surface area contributed by atoms with E-state index in [1.165, 1.54) is 24.1 Å². The van der Waals surface area contributed by atoms with E-state index >= 15 is 0 Å². The van der Waals surface area contributed by atoms with Crippen molar-refractivity contribution in [1.82, 2.24) is 9.78 Å². The lowest BCUT2D eigenvalue weighted by Gasteiger charge is -2.09. The molecule has 0 saturated heterocycles. The topological polar surface area (TPSA) is 43.8 Å². The average molecular weight is 181 g/mol. The fourth-order valence-corrected chi connectivity index (χ4v) is 1.46. The molecule has 74 valence electrons. The molecule has 0 aromatic carbocycles. The van der Waals surface area contributed by atoms with E-state index in [9.17, 15) is 0 Å². The van der Waals surface area contributed by atoms with Crippen LogP contribution >= 0.6 is 0 Å². The Bertz CT molecular complexity index is 265. The summed E-state index contributed by atoms with van der Waals surface area (Å²) >= 11 is 0. The maximum Gasteiger partial charge on any atom is 0.0540 e. The van der Waals surface area contributed by atoms with Crippen LogP contribution in [0.2, 0.25) is 0 Å². The summed E-state index contributed by atoms with van der Waals surface area (Å²) in [5, 5.41) is 4.18. The molecule has 1 heterocycles. The molecule has 1 rings (SSSR count). The largest absolute Gasteiger partial charge is 0.324 e. The van der Waals surface area contributed by atoms with Gasteiger partial charge in [0.15, 0.2) is 0 Å². The number of unbranched alkanes of at least 4 members (excludes halogenated alkanes) is 1. The van der Waals surface area contributed by atoms with E-state index in [0.717, 1.165) is 6.42 Å². The quantitative estimate of drug-likeness (QED) is 0.771. The highest BCUT2D eigenvalue weighted by Crippen LogP contribution is 2.19. The molecule has 3 heteroatoms. The van der Waals surface area contributed by atoms with Crippen molar-refractivity contribution in [3.8, 4) is 0 Å². The van der Waals surface area contributed by atoms with Crippen LogP contribution in [0.4, 0.5) is 0 Å². The first-order valence-corrected chi connectivity index (χ1v) is 4.91. The van der Waals surface area contributed by atoms with Crippen molar-refractivity contribution in [2.45, 2.75) is 39.2 Å². The summed E-state index contributed by atoms with van der Waals surface area (Å²) in [5.41, 5.74) is 8.42. The van der Waals surface area contributed by atoms with Crippen molar-refractivity contribution in [3.05, 3.63) is 17.5 Å². The Hall–Kier alpha value is -0.830. The highest BCUT2D eigenvalue weighted by atomic mass is 15.3. The molecule has 0 fully saturated rings. The van der Waals surface area contributed by atoms with Gasteiger partial charge in [-0.3, -0.25) is 4.68 Å². The van der Waals surface area contributed by atoms with E-state index in [2.05, 4.69) is 18.9 Å². The highest BCUT2D eigenvalue weighted by molar-refractivity contribution is 5.19. The van der Waals surface area contributed by atoms with Gasteiger partial charge in [0.2, 0.25) is 0 Å². The fourth-order valence-electron chi connectivity index (χ4n) is 1.46. The standard InChI is InChI=1S/C10H19N3/c1-4-5-6-10(11)9-7-12-13(3)8(9)2/h7,10H,4-6,11H2,1-3H3. The van der Waals surface area contributed by atoms with E-state index in [-0.39, 0.29) is 6.04 Å². The predicted octanol–water partition coefficient (Wildman–Crippen LogP) is 1.92. The van der Waals surface area contributed by atoms with Gasteiger partial charge in [0.25, 0.3) is 0 Å². The number of aryl methyl sites for hydroxylation is 1. The summed E-state index contributed by atoms with van der Waals surface area (Å²) in [6.45, 7) is 4.25. The first-order valence-electron chi connectivity index (χ1n) is 4.91. The molecule has 13 heavy (non-hydrogen) atoms. The molecule has 0 aliphatic carbocycles. The van der Waals surface area contributed by atoms with Crippen LogP contribution < -0.4 is 5.73 Å². The monoisotopic (exact) mass is 181 g/mol. The van der Waals surface area contributed by atoms with Crippen LogP contribution in [0.3, 0.4) is 0 Å². The highest BCUT2D eigenvalue weighted by Gasteiger charge is 2.11.